The fourth-order valence-corrected chi connectivity index (χ4v) is 1.12. The van der Waals surface area contributed by atoms with E-state index in [2.05, 4.69) is 9.97 Å². The molecule has 23 heavy (non-hydrogen) atoms. The van der Waals surface area contributed by atoms with Crippen LogP contribution >= 0.6 is 12.4 Å². The highest BCUT2D eigenvalue weighted by Gasteiger charge is 2.11. The maximum absolute atomic E-state index is 10.4. The van der Waals surface area contributed by atoms with Gasteiger partial charge in [-0.3, -0.25) is 24.5 Å². The molecule has 2 rings (SSSR count). The minimum atomic E-state index is -1.59. The Balaban J connectivity index is -0.000000312. The highest BCUT2D eigenvalue weighted by molar-refractivity contribution is 5.94. The molecule has 0 atom stereocenters. The van der Waals surface area contributed by atoms with Gasteiger partial charge < -0.3 is 37.3 Å². The molecule has 130 valence electrons. The van der Waals surface area contributed by atoms with Crippen LogP contribution in [0.25, 0.3) is 0 Å². The first-order valence-electron chi connectivity index (χ1n) is 5.00. The lowest BCUT2D eigenvalue weighted by atomic mass is 10.4. The Morgan fingerprint density at radius 2 is 1.74 bits per heavy atom. The zero-order valence-corrected chi connectivity index (χ0v) is 12.1. The quantitative estimate of drug-likeness (QED) is 0.351. The van der Waals surface area contributed by atoms with E-state index in [0.29, 0.717) is 0 Å². The number of halogens is 1. The van der Waals surface area contributed by atoms with Crippen LogP contribution in [0.4, 0.5) is 5.82 Å². The number of rotatable bonds is 2. The number of hydrogen-bond acceptors (Lipinski definition) is 6. The molecule has 0 unspecified atom stereocenters. The van der Waals surface area contributed by atoms with Crippen molar-refractivity contribution in [3.63, 3.8) is 0 Å². The lowest BCUT2D eigenvalue weighted by Gasteiger charge is -1.97. The average Bonchev–Trinajstić information content (AvgIpc) is 2.75. The van der Waals surface area contributed by atoms with Crippen LogP contribution in [0.3, 0.4) is 0 Å². The molecule has 0 aliphatic heterocycles. The van der Waals surface area contributed by atoms with Gasteiger partial charge in [0.1, 0.15) is 0 Å². The highest BCUT2D eigenvalue weighted by atomic mass is 35.5. The molecule has 1 amide bonds. The van der Waals surface area contributed by atoms with Gasteiger partial charge in [-0.15, -0.1) is 12.4 Å². The second-order valence-corrected chi connectivity index (χ2v) is 3.37. The van der Waals surface area contributed by atoms with Crippen LogP contribution in [0, 0.1) is 0 Å². The van der Waals surface area contributed by atoms with E-state index < -0.39 is 28.8 Å². The summed E-state index contributed by atoms with van der Waals surface area (Å²) in [5.74, 6) is -1.88. The predicted molar refractivity (Wildman–Crippen MR) is 76.8 cm³/mol. The van der Waals surface area contributed by atoms with Gasteiger partial charge in [0.2, 0.25) is 5.69 Å². The molecular weight excluding hydrogens is 340 g/mol. The van der Waals surface area contributed by atoms with Gasteiger partial charge in [-0.1, -0.05) is 0 Å². The Labute approximate surface area is 132 Å². The third-order valence-electron chi connectivity index (χ3n) is 1.94. The Morgan fingerprint density at radius 1 is 1.17 bits per heavy atom. The normalized spacial score (nSPS) is 8.17. The first-order valence-corrected chi connectivity index (χ1v) is 5.00. The fourth-order valence-electron chi connectivity index (χ4n) is 1.12. The Morgan fingerprint density at radius 3 is 2.04 bits per heavy atom. The number of aromatic amines is 4. The lowest BCUT2D eigenvalue weighted by Crippen LogP contribution is -2.31. The molecule has 0 fully saturated rings. The molecule has 2 heterocycles. The number of aromatic carboxylic acids is 1. The summed E-state index contributed by atoms with van der Waals surface area (Å²) in [7, 11) is 0. The van der Waals surface area contributed by atoms with Gasteiger partial charge in [0.05, 0.1) is 11.7 Å². The van der Waals surface area contributed by atoms with Crippen LogP contribution in [0.15, 0.2) is 22.0 Å². The lowest BCUT2D eigenvalue weighted by molar-refractivity contribution is -0.358. The maximum Gasteiger partial charge on any atom is 0.326 e. The second kappa shape index (κ2) is 10.6. The number of carbonyl (C=O) groups is 2. The monoisotopic (exact) mass is 354 g/mol. The van der Waals surface area contributed by atoms with Crippen molar-refractivity contribution in [3.8, 4) is 0 Å². The number of nitrogens with two attached hydrogens (primary N) is 2. The van der Waals surface area contributed by atoms with E-state index in [1.54, 1.807) is 0 Å². The van der Waals surface area contributed by atoms with Gasteiger partial charge in [-0.2, -0.15) is 0 Å². The van der Waals surface area contributed by atoms with Crippen LogP contribution in [0.2, 0.25) is 0 Å². The Kier molecular flexibility index (Phi) is 11.4. The van der Waals surface area contributed by atoms with E-state index in [0.717, 1.165) is 6.07 Å². The summed E-state index contributed by atoms with van der Waals surface area (Å²) in [5.41, 5.74) is 8.20. The van der Waals surface area contributed by atoms with Crippen LogP contribution < -0.4 is 32.8 Å². The largest absolute Gasteiger partial charge is 0.543 e. The number of primary amides is 1. The number of imidazole rings is 1. The molecular formula is C9H15ClN6O7. The molecule has 2 aromatic rings. The molecule has 2 aromatic heterocycles. The van der Waals surface area contributed by atoms with Crippen molar-refractivity contribution in [2.45, 2.75) is 0 Å². The molecule has 0 aromatic carbocycles. The zero-order chi connectivity index (χ0) is 15.3. The van der Waals surface area contributed by atoms with Crippen LogP contribution in [-0.4, -0.2) is 37.8 Å². The number of carboxylic acids is 1. The highest BCUT2D eigenvalue weighted by Crippen LogP contribution is 1.95. The number of nitrogen functional groups attached to an aromatic ring is 1. The second-order valence-electron chi connectivity index (χ2n) is 3.37. The summed E-state index contributed by atoms with van der Waals surface area (Å²) in [6.07, 6.45) is 1.44. The van der Waals surface area contributed by atoms with Gasteiger partial charge >= 0.3 is 5.69 Å². The molecule has 0 aliphatic carbocycles. The van der Waals surface area contributed by atoms with E-state index in [-0.39, 0.29) is 34.9 Å². The van der Waals surface area contributed by atoms with Gasteiger partial charge in [-0.05, 0) is 0 Å². The number of anilines is 1. The van der Waals surface area contributed by atoms with Crippen molar-refractivity contribution in [1.29, 1.82) is 0 Å². The molecule has 0 aliphatic rings. The topological polar surface area (TPSA) is 268 Å². The smallest absolute Gasteiger partial charge is 0.326 e. The molecule has 14 heteroatoms. The zero-order valence-electron chi connectivity index (χ0n) is 11.3. The van der Waals surface area contributed by atoms with Crippen molar-refractivity contribution in [2.75, 3.05) is 5.73 Å². The summed E-state index contributed by atoms with van der Waals surface area (Å²) in [6.45, 7) is 0. The number of carbonyl (C=O) groups excluding carboxylic acids is 2. The summed E-state index contributed by atoms with van der Waals surface area (Å²) in [4.78, 5) is 50.1. The summed E-state index contributed by atoms with van der Waals surface area (Å²) in [5, 5.41) is 10.1. The van der Waals surface area contributed by atoms with E-state index in [1.165, 1.54) is 6.33 Å². The number of aromatic nitrogens is 4. The SMILES string of the molecule is Cl.NC(=O)c1[nH]c[nH+]c1N.O.O.O=C([O-])c1cc(=O)[nH]c(=O)[nH]1. The van der Waals surface area contributed by atoms with E-state index >= 15 is 0 Å². The summed E-state index contributed by atoms with van der Waals surface area (Å²) < 4.78 is 0. The number of nitrogens with one attached hydrogen (secondary N) is 4. The van der Waals surface area contributed by atoms with Crippen molar-refractivity contribution >= 4 is 30.1 Å². The van der Waals surface area contributed by atoms with Crippen molar-refractivity contribution < 1.29 is 30.6 Å². The number of amides is 1. The Bertz CT molecular complexity index is 723. The van der Waals surface area contributed by atoms with E-state index in [4.69, 9.17) is 11.5 Å². The molecule has 0 saturated carbocycles. The first-order chi connectivity index (χ1) is 9.31. The first kappa shape index (κ1) is 24.8. The van der Waals surface area contributed by atoms with Crippen LogP contribution in [0.5, 0.6) is 0 Å². The van der Waals surface area contributed by atoms with Crippen molar-refractivity contribution in [2.24, 2.45) is 5.73 Å². The minimum absolute atomic E-state index is 0. The van der Waals surface area contributed by atoms with Gasteiger partial charge in [0, 0.05) is 6.07 Å². The predicted octanol–water partition coefficient (Wildman–Crippen LogP) is -5.29. The minimum Gasteiger partial charge on any atom is -0.543 e. The fraction of sp³-hybridized carbons (Fsp3) is 0. The molecule has 0 spiro atoms. The molecule has 12 N–H and O–H groups in total. The number of H-pyrrole nitrogens is 4. The third-order valence-corrected chi connectivity index (χ3v) is 1.94. The maximum atomic E-state index is 10.4. The van der Waals surface area contributed by atoms with Gasteiger partial charge in [0.15, 0.2) is 6.33 Å². The average molecular weight is 355 g/mol. The van der Waals surface area contributed by atoms with E-state index in [1.807, 2.05) is 9.97 Å². The van der Waals surface area contributed by atoms with Crippen LogP contribution in [0.1, 0.15) is 21.0 Å². The molecule has 0 radical (unpaired) electrons. The third kappa shape index (κ3) is 7.42. The molecule has 13 nitrogen and oxygen atoms in total. The van der Waals surface area contributed by atoms with Crippen molar-refractivity contribution in [3.05, 3.63) is 44.6 Å². The van der Waals surface area contributed by atoms with Gasteiger partial charge in [0.25, 0.3) is 17.3 Å². The van der Waals surface area contributed by atoms with Crippen molar-refractivity contribution in [1.82, 2.24) is 15.0 Å². The number of carboxylic acid groups (broad SMARTS) is 1. The molecule has 0 saturated heterocycles. The van der Waals surface area contributed by atoms with Crippen LogP contribution in [-0.2, 0) is 0 Å². The summed E-state index contributed by atoms with van der Waals surface area (Å²) >= 11 is 0. The van der Waals surface area contributed by atoms with E-state index in [9.17, 15) is 24.3 Å². The standard InChI is InChI=1S/C5H4N2O4.C4H6N4O.ClH.2H2O/c8-3-1-2(4(9)10)6-5(11)7-3;5-3-2(4(6)9)7-1-8-3;;;/h1H,(H,9,10)(H2,6,7,8,11);1H,5H2,(H2,6,9)(H,7,8);1H;2*1H2. The number of hydrogen-bond donors (Lipinski definition) is 5. The molecule has 0 bridgehead atoms. The summed E-state index contributed by atoms with van der Waals surface area (Å²) in [6, 6.07) is 0.733. The Hall–Kier alpha value is -3.16. The van der Waals surface area contributed by atoms with Gasteiger partial charge in [-0.25, -0.2) is 4.79 Å².